The fraction of sp³-hybridized carbons (Fsp3) is 0.400. The summed E-state index contributed by atoms with van der Waals surface area (Å²) in [4.78, 5) is 0. The standard InChI is InChI=1S/C15H12ClF6N3/c16-10-2-1-8-3-5-23-6-4-9(8)13(10)25-12(15(20,21)22)7-11(24-25)14(17,18)19/h1-2,7,23H,3-6H2. The number of nitrogens with one attached hydrogen (secondary N) is 1. The number of hydrogen-bond acceptors (Lipinski definition) is 2. The average molecular weight is 384 g/mol. The third kappa shape index (κ3) is 3.48. The fourth-order valence-electron chi connectivity index (χ4n) is 2.85. The SMILES string of the molecule is FC(F)(F)c1cc(C(F)(F)F)n(-c2c(Cl)ccc3c2CCNCC3)n1. The van der Waals surface area contributed by atoms with Gasteiger partial charge in [-0.15, -0.1) is 0 Å². The van der Waals surface area contributed by atoms with Crippen molar-refractivity contribution in [3.8, 4) is 5.69 Å². The van der Waals surface area contributed by atoms with Gasteiger partial charge in [-0.2, -0.15) is 31.4 Å². The third-order valence-electron chi connectivity index (χ3n) is 3.96. The van der Waals surface area contributed by atoms with Crippen molar-refractivity contribution < 1.29 is 26.3 Å². The minimum atomic E-state index is -5.01. The number of benzene rings is 1. The Morgan fingerprint density at radius 3 is 2.32 bits per heavy atom. The van der Waals surface area contributed by atoms with Crippen LogP contribution in [0.5, 0.6) is 0 Å². The topological polar surface area (TPSA) is 29.9 Å². The molecule has 1 aromatic carbocycles. The van der Waals surface area contributed by atoms with Crippen molar-refractivity contribution in [2.24, 2.45) is 0 Å². The van der Waals surface area contributed by atoms with Crippen LogP contribution in [-0.4, -0.2) is 22.9 Å². The Bertz CT molecular complexity index is 794. The van der Waals surface area contributed by atoms with Crippen LogP contribution in [0.2, 0.25) is 5.02 Å². The molecule has 3 rings (SSSR count). The minimum Gasteiger partial charge on any atom is -0.316 e. The summed E-state index contributed by atoms with van der Waals surface area (Å²) in [5.74, 6) is 0. The Labute approximate surface area is 143 Å². The number of rotatable bonds is 1. The van der Waals surface area contributed by atoms with E-state index in [1.807, 2.05) is 0 Å². The number of nitrogens with zero attached hydrogens (tertiary/aromatic N) is 2. The highest BCUT2D eigenvalue weighted by Crippen LogP contribution is 2.39. The normalized spacial score (nSPS) is 15.8. The second-order valence-corrected chi connectivity index (χ2v) is 6.01. The van der Waals surface area contributed by atoms with E-state index in [1.165, 1.54) is 6.07 Å². The van der Waals surface area contributed by atoms with Crippen molar-refractivity contribution in [1.82, 2.24) is 15.1 Å². The Morgan fingerprint density at radius 1 is 1.00 bits per heavy atom. The van der Waals surface area contributed by atoms with Gasteiger partial charge in [0.25, 0.3) is 0 Å². The Kier molecular flexibility index (Phi) is 4.48. The van der Waals surface area contributed by atoms with Crippen LogP contribution in [0.3, 0.4) is 0 Å². The lowest BCUT2D eigenvalue weighted by Crippen LogP contribution is -2.17. The lowest BCUT2D eigenvalue weighted by atomic mass is 10.0. The quantitative estimate of drug-likeness (QED) is 0.746. The zero-order valence-corrected chi connectivity index (χ0v) is 13.4. The molecule has 0 spiro atoms. The molecule has 0 saturated heterocycles. The first-order valence-corrected chi connectivity index (χ1v) is 7.72. The lowest BCUT2D eigenvalue weighted by Gasteiger charge is -2.17. The van der Waals surface area contributed by atoms with Crippen LogP contribution in [0.25, 0.3) is 5.69 Å². The molecule has 0 amide bonds. The lowest BCUT2D eigenvalue weighted by molar-refractivity contribution is -0.143. The van der Waals surface area contributed by atoms with Gasteiger partial charge in [0.2, 0.25) is 0 Å². The molecule has 0 atom stereocenters. The molecule has 0 saturated carbocycles. The maximum Gasteiger partial charge on any atom is 0.435 e. The zero-order valence-electron chi connectivity index (χ0n) is 12.6. The van der Waals surface area contributed by atoms with E-state index < -0.39 is 23.7 Å². The number of fused-ring (bicyclic) bond motifs is 1. The van der Waals surface area contributed by atoms with E-state index >= 15 is 0 Å². The number of aromatic nitrogens is 2. The molecule has 2 heterocycles. The summed E-state index contributed by atoms with van der Waals surface area (Å²) in [6.07, 6.45) is -9.13. The number of alkyl halides is 6. The molecule has 3 nitrogen and oxygen atoms in total. The molecule has 25 heavy (non-hydrogen) atoms. The van der Waals surface area contributed by atoms with Crippen LogP contribution in [0, 0.1) is 0 Å². The molecular formula is C15H12ClF6N3. The smallest absolute Gasteiger partial charge is 0.316 e. The molecule has 1 N–H and O–H groups in total. The van der Waals surface area contributed by atoms with E-state index in [9.17, 15) is 26.3 Å². The third-order valence-corrected chi connectivity index (χ3v) is 4.26. The van der Waals surface area contributed by atoms with Gasteiger partial charge in [0.15, 0.2) is 5.69 Å². The molecular weight excluding hydrogens is 372 g/mol. The van der Waals surface area contributed by atoms with Gasteiger partial charge in [0.1, 0.15) is 5.69 Å². The van der Waals surface area contributed by atoms with Crippen molar-refractivity contribution in [2.45, 2.75) is 25.2 Å². The Balaban J connectivity index is 2.28. The van der Waals surface area contributed by atoms with E-state index in [2.05, 4.69) is 10.4 Å². The van der Waals surface area contributed by atoms with Gasteiger partial charge in [-0.3, -0.25) is 0 Å². The van der Waals surface area contributed by atoms with Crippen molar-refractivity contribution in [2.75, 3.05) is 13.1 Å². The minimum absolute atomic E-state index is 0.00464. The van der Waals surface area contributed by atoms with Crippen LogP contribution in [0.15, 0.2) is 18.2 Å². The van der Waals surface area contributed by atoms with Crippen molar-refractivity contribution in [3.63, 3.8) is 0 Å². The second-order valence-electron chi connectivity index (χ2n) is 5.61. The maximum atomic E-state index is 13.3. The van der Waals surface area contributed by atoms with E-state index in [-0.39, 0.29) is 21.5 Å². The summed E-state index contributed by atoms with van der Waals surface area (Å²) in [5, 5.41) is 6.20. The summed E-state index contributed by atoms with van der Waals surface area (Å²) in [6.45, 7) is 1.10. The first-order valence-electron chi connectivity index (χ1n) is 7.35. The van der Waals surface area contributed by atoms with E-state index in [0.717, 1.165) is 5.56 Å². The molecule has 10 heteroatoms. The molecule has 0 aliphatic carbocycles. The highest BCUT2D eigenvalue weighted by atomic mass is 35.5. The molecule has 0 bridgehead atoms. The van der Waals surface area contributed by atoms with Crippen LogP contribution in [0.1, 0.15) is 22.5 Å². The molecule has 1 aromatic heterocycles. The Hall–Kier alpha value is -1.74. The number of hydrogen-bond donors (Lipinski definition) is 1. The monoisotopic (exact) mass is 383 g/mol. The van der Waals surface area contributed by atoms with Gasteiger partial charge < -0.3 is 5.32 Å². The maximum absolute atomic E-state index is 13.3. The van der Waals surface area contributed by atoms with Crippen molar-refractivity contribution in [3.05, 3.63) is 45.7 Å². The predicted octanol–water partition coefficient (Wildman–Crippen LogP) is 4.25. The molecule has 1 aliphatic rings. The molecule has 0 fully saturated rings. The van der Waals surface area contributed by atoms with E-state index in [0.29, 0.717) is 31.5 Å². The average Bonchev–Trinajstić information content (AvgIpc) is 2.81. The van der Waals surface area contributed by atoms with Crippen molar-refractivity contribution >= 4 is 11.6 Å². The molecule has 0 radical (unpaired) electrons. The Morgan fingerprint density at radius 2 is 1.68 bits per heavy atom. The van der Waals surface area contributed by atoms with Gasteiger partial charge in [-0.05, 0) is 43.1 Å². The molecule has 136 valence electrons. The molecule has 1 aliphatic heterocycles. The summed E-state index contributed by atoms with van der Waals surface area (Å²) in [6, 6.07) is 3.07. The molecule has 0 unspecified atom stereocenters. The van der Waals surface area contributed by atoms with Crippen LogP contribution >= 0.6 is 11.6 Å². The van der Waals surface area contributed by atoms with Gasteiger partial charge in [0, 0.05) is 6.07 Å². The van der Waals surface area contributed by atoms with Crippen LogP contribution < -0.4 is 5.32 Å². The zero-order chi connectivity index (χ0) is 18.4. The van der Waals surface area contributed by atoms with E-state index in [1.54, 1.807) is 6.07 Å². The highest BCUT2D eigenvalue weighted by molar-refractivity contribution is 6.32. The summed E-state index contributed by atoms with van der Waals surface area (Å²) >= 11 is 6.06. The van der Waals surface area contributed by atoms with Crippen LogP contribution in [0.4, 0.5) is 26.3 Å². The molecule has 2 aromatic rings. The first-order chi connectivity index (χ1) is 11.6. The van der Waals surface area contributed by atoms with Crippen LogP contribution in [-0.2, 0) is 25.2 Å². The van der Waals surface area contributed by atoms with Crippen molar-refractivity contribution in [1.29, 1.82) is 0 Å². The predicted molar refractivity (Wildman–Crippen MR) is 78.9 cm³/mol. The largest absolute Gasteiger partial charge is 0.435 e. The van der Waals surface area contributed by atoms with Gasteiger partial charge >= 0.3 is 12.4 Å². The summed E-state index contributed by atoms with van der Waals surface area (Å²) < 4.78 is 78.9. The fourth-order valence-corrected chi connectivity index (χ4v) is 3.10. The summed E-state index contributed by atoms with van der Waals surface area (Å²) in [5.41, 5.74) is -2.06. The number of halogens is 7. The van der Waals surface area contributed by atoms with E-state index in [4.69, 9.17) is 11.6 Å². The second kappa shape index (κ2) is 6.21. The van der Waals surface area contributed by atoms with Gasteiger partial charge in [-0.1, -0.05) is 17.7 Å². The highest BCUT2D eigenvalue weighted by Gasteiger charge is 2.42. The first kappa shape index (κ1) is 18.1. The van der Waals surface area contributed by atoms with Gasteiger partial charge in [-0.25, -0.2) is 4.68 Å². The summed E-state index contributed by atoms with van der Waals surface area (Å²) in [7, 11) is 0. The van der Waals surface area contributed by atoms with Gasteiger partial charge in [0.05, 0.1) is 10.7 Å².